The molecule has 8 nitrogen and oxygen atoms in total. The first-order chi connectivity index (χ1) is 15.0. The molecule has 4 rings (SSSR count). The molecular weight excluding hydrogens is 414 g/mol. The Morgan fingerprint density at radius 2 is 1.90 bits per heavy atom. The Labute approximate surface area is 183 Å². The molecule has 0 atom stereocenters. The topological polar surface area (TPSA) is 111 Å². The van der Waals surface area contributed by atoms with Gasteiger partial charge in [-0.15, -0.1) is 0 Å². The third kappa shape index (κ3) is 5.05. The maximum atomic E-state index is 13.0. The van der Waals surface area contributed by atoms with Crippen molar-refractivity contribution in [2.24, 2.45) is 0 Å². The van der Waals surface area contributed by atoms with Gasteiger partial charge in [-0.3, -0.25) is 20.2 Å². The van der Waals surface area contributed by atoms with Crippen molar-refractivity contribution in [2.75, 3.05) is 5.32 Å². The quantitative estimate of drug-likeness (QED) is 0.421. The van der Waals surface area contributed by atoms with E-state index in [0.717, 1.165) is 24.1 Å². The average Bonchev–Trinajstić information content (AvgIpc) is 3.29. The summed E-state index contributed by atoms with van der Waals surface area (Å²) < 4.78 is 0. The van der Waals surface area contributed by atoms with Crippen molar-refractivity contribution >= 4 is 29.3 Å². The van der Waals surface area contributed by atoms with Crippen molar-refractivity contribution in [3.63, 3.8) is 0 Å². The van der Waals surface area contributed by atoms with Crippen molar-refractivity contribution in [1.82, 2.24) is 15.0 Å². The number of non-ortho nitro benzene ring substituents is 1. The van der Waals surface area contributed by atoms with Crippen LogP contribution < -0.4 is 5.32 Å². The number of rotatable bonds is 6. The van der Waals surface area contributed by atoms with E-state index in [1.54, 1.807) is 18.5 Å². The number of nitrogens with one attached hydrogen (secondary N) is 1. The second-order valence-electron chi connectivity index (χ2n) is 7.43. The van der Waals surface area contributed by atoms with Gasteiger partial charge < -0.3 is 0 Å². The van der Waals surface area contributed by atoms with E-state index in [4.69, 9.17) is 0 Å². The normalized spacial score (nSPS) is 13.8. The number of carbonyl (C=O) groups excluding carboxylic acids is 1. The molecule has 1 aliphatic rings. The number of nitrogens with zero attached hydrogens (tertiary/aromatic N) is 4. The highest BCUT2D eigenvalue weighted by atomic mass is 32.2. The smallest absolute Gasteiger partial charge is 0.270 e. The van der Waals surface area contributed by atoms with Gasteiger partial charge in [0.15, 0.2) is 0 Å². The largest absolute Gasteiger partial charge is 0.290 e. The first kappa shape index (κ1) is 20.9. The number of carbonyl (C=O) groups is 1. The van der Waals surface area contributed by atoms with Gasteiger partial charge in [-0.05, 0) is 49.4 Å². The van der Waals surface area contributed by atoms with Gasteiger partial charge in [0, 0.05) is 35.1 Å². The lowest BCUT2D eigenvalue weighted by Crippen LogP contribution is -2.15. The summed E-state index contributed by atoms with van der Waals surface area (Å²) in [4.78, 5) is 37.2. The number of hydrogen-bond donors (Lipinski definition) is 1. The van der Waals surface area contributed by atoms with Gasteiger partial charge in [-0.2, -0.15) is 0 Å². The number of nitro groups is 1. The van der Waals surface area contributed by atoms with Crippen LogP contribution in [0.2, 0.25) is 0 Å². The molecule has 0 aliphatic heterocycles. The van der Waals surface area contributed by atoms with E-state index in [1.165, 1.54) is 36.7 Å². The molecule has 0 spiro atoms. The van der Waals surface area contributed by atoms with Crippen LogP contribution in [0.25, 0.3) is 0 Å². The molecule has 1 fully saturated rings. The molecule has 0 saturated heterocycles. The fraction of sp³-hybridized carbons (Fsp3) is 0.273. The Hall–Kier alpha value is -3.33. The van der Waals surface area contributed by atoms with Gasteiger partial charge in [0.2, 0.25) is 5.95 Å². The molecule has 3 aromatic rings. The third-order valence-corrected chi connectivity index (χ3v) is 6.23. The minimum absolute atomic E-state index is 0.163. The SMILES string of the molecule is Cc1cccc(Sc2ccc([N+](=O)[O-])cc2C(=O)Nc2ncc(C3CCCC3)cn2)n1. The predicted octanol–water partition coefficient (Wildman–Crippen LogP) is 5.15. The maximum absolute atomic E-state index is 13.0. The van der Waals surface area contributed by atoms with E-state index < -0.39 is 10.8 Å². The Balaban J connectivity index is 1.57. The van der Waals surface area contributed by atoms with Crippen LogP contribution in [0.1, 0.15) is 53.2 Å². The number of pyridine rings is 1. The first-order valence-electron chi connectivity index (χ1n) is 10.0. The van der Waals surface area contributed by atoms with Crippen molar-refractivity contribution in [1.29, 1.82) is 0 Å². The zero-order chi connectivity index (χ0) is 21.8. The van der Waals surface area contributed by atoms with Crippen LogP contribution in [0.15, 0.2) is 58.7 Å². The van der Waals surface area contributed by atoms with E-state index in [2.05, 4.69) is 20.3 Å². The number of hydrogen-bond acceptors (Lipinski definition) is 7. The highest BCUT2D eigenvalue weighted by Gasteiger charge is 2.20. The number of amides is 1. The Morgan fingerprint density at radius 3 is 2.58 bits per heavy atom. The lowest BCUT2D eigenvalue weighted by Gasteiger charge is -2.11. The number of nitro benzene ring substituents is 1. The van der Waals surface area contributed by atoms with Crippen molar-refractivity contribution in [3.05, 3.63) is 75.7 Å². The highest BCUT2D eigenvalue weighted by molar-refractivity contribution is 7.99. The molecule has 1 N–H and O–H groups in total. The molecule has 31 heavy (non-hydrogen) atoms. The summed E-state index contributed by atoms with van der Waals surface area (Å²) in [6.45, 7) is 1.88. The van der Waals surface area contributed by atoms with Gasteiger partial charge in [0.25, 0.3) is 11.6 Å². The van der Waals surface area contributed by atoms with Crippen LogP contribution in [0, 0.1) is 17.0 Å². The molecule has 1 aromatic carbocycles. The van der Waals surface area contributed by atoms with Gasteiger partial charge in [0.1, 0.15) is 5.03 Å². The zero-order valence-electron chi connectivity index (χ0n) is 16.9. The van der Waals surface area contributed by atoms with Crippen LogP contribution in [0.4, 0.5) is 11.6 Å². The lowest BCUT2D eigenvalue weighted by atomic mass is 10.0. The predicted molar refractivity (Wildman–Crippen MR) is 117 cm³/mol. The number of anilines is 1. The van der Waals surface area contributed by atoms with Crippen LogP contribution in [0.3, 0.4) is 0 Å². The summed E-state index contributed by atoms with van der Waals surface area (Å²) in [6, 6.07) is 9.77. The monoisotopic (exact) mass is 435 g/mol. The van der Waals surface area contributed by atoms with Crippen molar-refractivity contribution in [2.45, 2.75) is 48.4 Å². The lowest BCUT2D eigenvalue weighted by molar-refractivity contribution is -0.384. The summed E-state index contributed by atoms with van der Waals surface area (Å²) in [5.41, 5.74) is 1.93. The van der Waals surface area contributed by atoms with E-state index in [9.17, 15) is 14.9 Å². The van der Waals surface area contributed by atoms with Crippen LogP contribution in [-0.4, -0.2) is 25.8 Å². The van der Waals surface area contributed by atoms with E-state index in [-0.39, 0.29) is 17.2 Å². The minimum atomic E-state index is -0.525. The summed E-state index contributed by atoms with van der Waals surface area (Å²) in [7, 11) is 0. The molecule has 158 valence electrons. The van der Waals surface area contributed by atoms with E-state index >= 15 is 0 Å². The van der Waals surface area contributed by atoms with Gasteiger partial charge >= 0.3 is 0 Å². The Kier molecular flexibility index (Phi) is 6.22. The molecule has 9 heteroatoms. The van der Waals surface area contributed by atoms with Crippen LogP contribution in [-0.2, 0) is 0 Å². The molecule has 0 bridgehead atoms. The van der Waals surface area contributed by atoms with Gasteiger partial charge in [0.05, 0.1) is 10.5 Å². The van der Waals surface area contributed by atoms with Crippen molar-refractivity contribution < 1.29 is 9.72 Å². The fourth-order valence-electron chi connectivity index (χ4n) is 3.63. The second kappa shape index (κ2) is 9.22. The summed E-state index contributed by atoms with van der Waals surface area (Å²) in [6.07, 6.45) is 8.20. The van der Waals surface area contributed by atoms with Crippen LogP contribution >= 0.6 is 11.8 Å². The standard InChI is InChI=1S/C22H21N5O3S/c1-14-5-4-8-20(25-14)31-19-10-9-17(27(29)30)11-18(19)21(28)26-22-23-12-16(13-24-22)15-6-2-3-7-15/h4-5,8-13,15H,2-3,6-7H2,1H3,(H,23,24,26,28). The number of aryl methyl sites for hydroxylation is 1. The van der Waals surface area contributed by atoms with Crippen LogP contribution in [0.5, 0.6) is 0 Å². The fourth-order valence-corrected chi connectivity index (χ4v) is 4.59. The Bertz CT molecular complexity index is 1110. The van der Waals surface area contributed by atoms with Gasteiger partial charge in [-0.25, -0.2) is 15.0 Å². The average molecular weight is 436 g/mol. The van der Waals surface area contributed by atoms with Gasteiger partial charge in [-0.1, -0.05) is 30.7 Å². The summed E-state index contributed by atoms with van der Waals surface area (Å²) >= 11 is 1.27. The molecule has 0 radical (unpaired) electrons. The zero-order valence-corrected chi connectivity index (χ0v) is 17.8. The molecular formula is C22H21N5O3S. The molecule has 1 saturated carbocycles. The van der Waals surface area contributed by atoms with E-state index in [1.807, 2.05) is 25.1 Å². The molecule has 2 heterocycles. The summed E-state index contributed by atoms with van der Waals surface area (Å²) in [5, 5.41) is 14.6. The Morgan fingerprint density at radius 1 is 1.16 bits per heavy atom. The summed E-state index contributed by atoms with van der Waals surface area (Å²) in [5.74, 6) is 0.140. The third-order valence-electron chi connectivity index (χ3n) is 5.22. The number of aromatic nitrogens is 3. The first-order valence-corrected chi connectivity index (χ1v) is 10.8. The number of benzene rings is 1. The highest BCUT2D eigenvalue weighted by Crippen LogP contribution is 2.34. The second-order valence-corrected chi connectivity index (χ2v) is 8.49. The maximum Gasteiger partial charge on any atom is 0.270 e. The molecule has 2 aromatic heterocycles. The molecule has 0 unspecified atom stereocenters. The molecule has 1 aliphatic carbocycles. The van der Waals surface area contributed by atoms with Crippen molar-refractivity contribution in [3.8, 4) is 0 Å². The van der Waals surface area contributed by atoms with E-state index in [0.29, 0.717) is 15.8 Å². The molecule has 1 amide bonds. The minimum Gasteiger partial charge on any atom is -0.290 e.